The summed E-state index contributed by atoms with van der Waals surface area (Å²) in [4.78, 5) is 6.89. The molecule has 0 aromatic carbocycles. The minimum absolute atomic E-state index is 0. The molecule has 1 aliphatic heterocycles. The Kier molecular flexibility index (Phi) is 11.1. The number of hydrogen-bond donors (Lipinski definition) is 2. The maximum atomic E-state index is 4.30. The van der Waals surface area contributed by atoms with Crippen molar-refractivity contribution >= 4 is 29.9 Å². The highest BCUT2D eigenvalue weighted by molar-refractivity contribution is 14.0. The van der Waals surface area contributed by atoms with Crippen LogP contribution >= 0.6 is 24.0 Å². The molecule has 1 fully saturated rings. The summed E-state index contributed by atoms with van der Waals surface area (Å²) in [5, 5.41) is 11.0. The number of piperidine rings is 1. The van der Waals surface area contributed by atoms with Gasteiger partial charge in [0, 0.05) is 45.6 Å². The van der Waals surface area contributed by atoms with Crippen molar-refractivity contribution in [3.63, 3.8) is 0 Å². The molecule has 7 heteroatoms. The molecule has 2 heterocycles. The minimum atomic E-state index is 0. The van der Waals surface area contributed by atoms with Crippen molar-refractivity contribution in [2.45, 2.75) is 39.2 Å². The molecule has 0 saturated carbocycles. The first-order chi connectivity index (χ1) is 11.3. The Morgan fingerprint density at radius 2 is 2.04 bits per heavy atom. The molecule has 1 aromatic heterocycles. The highest BCUT2D eigenvalue weighted by Gasteiger charge is 2.13. The number of aliphatic imine (C=N–C) groups is 1. The van der Waals surface area contributed by atoms with Crippen LogP contribution in [-0.4, -0.2) is 60.4 Å². The smallest absolute Gasteiger partial charge is 0.190 e. The first kappa shape index (κ1) is 21.2. The number of halogens is 1. The predicted molar refractivity (Wildman–Crippen MR) is 111 cm³/mol. The summed E-state index contributed by atoms with van der Waals surface area (Å²) in [6, 6.07) is 1.96. The van der Waals surface area contributed by atoms with Gasteiger partial charge in [0.15, 0.2) is 5.96 Å². The lowest BCUT2D eigenvalue weighted by Crippen LogP contribution is -2.42. The number of nitrogens with zero attached hydrogens (tertiary/aromatic N) is 4. The van der Waals surface area contributed by atoms with Gasteiger partial charge in [-0.25, -0.2) is 0 Å². The Labute approximate surface area is 163 Å². The van der Waals surface area contributed by atoms with Gasteiger partial charge >= 0.3 is 0 Å². The van der Waals surface area contributed by atoms with Crippen LogP contribution in [0.25, 0.3) is 0 Å². The Morgan fingerprint density at radius 3 is 2.71 bits per heavy atom. The van der Waals surface area contributed by atoms with Crippen LogP contribution in [0.5, 0.6) is 0 Å². The highest BCUT2D eigenvalue weighted by Crippen LogP contribution is 2.10. The number of guanidine groups is 1. The number of hydrogen-bond acceptors (Lipinski definition) is 3. The van der Waals surface area contributed by atoms with E-state index in [0.29, 0.717) is 5.92 Å². The average molecular weight is 448 g/mol. The summed E-state index contributed by atoms with van der Waals surface area (Å²) in [5.74, 6) is 1.53. The van der Waals surface area contributed by atoms with Crippen molar-refractivity contribution in [3.8, 4) is 0 Å². The van der Waals surface area contributed by atoms with Crippen molar-refractivity contribution in [1.29, 1.82) is 0 Å². The fourth-order valence-corrected chi connectivity index (χ4v) is 3.02. The maximum Gasteiger partial charge on any atom is 0.190 e. The topological polar surface area (TPSA) is 57.5 Å². The van der Waals surface area contributed by atoms with Gasteiger partial charge in [-0.2, -0.15) is 5.10 Å². The lowest BCUT2D eigenvalue weighted by molar-refractivity contribution is 0.201. The van der Waals surface area contributed by atoms with E-state index in [0.717, 1.165) is 32.0 Å². The lowest BCUT2D eigenvalue weighted by Gasteiger charge is -2.29. The van der Waals surface area contributed by atoms with Crippen molar-refractivity contribution in [3.05, 3.63) is 18.5 Å². The summed E-state index contributed by atoms with van der Waals surface area (Å²) in [6.07, 6.45) is 8.97. The van der Waals surface area contributed by atoms with Crippen LogP contribution in [0.2, 0.25) is 0 Å². The zero-order valence-corrected chi connectivity index (χ0v) is 17.4. The molecule has 6 nitrogen and oxygen atoms in total. The predicted octanol–water partition coefficient (Wildman–Crippen LogP) is 2.18. The molecule has 138 valence electrons. The van der Waals surface area contributed by atoms with E-state index in [1.54, 1.807) is 0 Å². The molecule has 1 aromatic rings. The van der Waals surface area contributed by atoms with Crippen LogP contribution in [0.4, 0.5) is 0 Å². The van der Waals surface area contributed by atoms with E-state index < -0.39 is 0 Å². The third-order valence-corrected chi connectivity index (χ3v) is 4.28. The molecule has 0 aliphatic carbocycles. The molecule has 0 bridgehead atoms. The van der Waals surface area contributed by atoms with E-state index in [2.05, 4.69) is 32.5 Å². The van der Waals surface area contributed by atoms with Crippen LogP contribution in [0, 0.1) is 5.92 Å². The SMILES string of the molecule is CN=C(NCCCn1cccn1)NCC(C)CN1CCCCC1.I. The third kappa shape index (κ3) is 8.32. The van der Waals surface area contributed by atoms with Crippen molar-refractivity contribution in [2.24, 2.45) is 10.9 Å². The largest absolute Gasteiger partial charge is 0.356 e. The number of rotatable bonds is 8. The number of aryl methyl sites for hydroxylation is 1. The second kappa shape index (κ2) is 12.5. The van der Waals surface area contributed by atoms with E-state index in [1.165, 1.54) is 38.9 Å². The Morgan fingerprint density at radius 1 is 1.25 bits per heavy atom. The molecule has 24 heavy (non-hydrogen) atoms. The van der Waals surface area contributed by atoms with Crippen LogP contribution in [0.3, 0.4) is 0 Å². The third-order valence-electron chi connectivity index (χ3n) is 4.28. The second-order valence-corrected chi connectivity index (χ2v) is 6.47. The van der Waals surface area contributed by atoms with Gasteiger partial charge in [0.05, 0.1) is 0 Å². The van der Waals surface area contributed by atoms with Gasteiger partial charge in [-0.3, -0.25) is 9.67 Å². The number of nitrogens with one attached hydrogen (secondary N) is 2. The average Bonchev–Trinajstić information content (AvgIpc) is 3.08. The second-order valence-electron chi connectivity index (χ2n) is 6.47. The standard InChI is InChI=1S/C17H32N6.HI/c1-16(15-22-10-4-3-5-11-22)14-20-17(18-2)19-8-6-12-23-13-7-9-21-23;/h7,9,13,16H,3-6,8,10-12,14-15H2,1-2H3,(H2,18,19,20);1H. The van der Waals surface area contributed by atoms with E-state index in [9.17, 15) is 0 Å². The van der Waals surface area contributed by atoms with Crippen LogP contribution in [-0.2, 0) is 6.54 Å². The molecule has 0 amide bonds. The number of aromatic nitrogens is 2. The molecule has 0 radical (unpaired) electrons. The number of likely N-dealkylation sites (tertiary alicyclic amines) is 1. The molecule has 1 unspecified atom stereocenters. The zero-order chi connectivity index (χ0) is 16.3. The van der Waals surface area contributed by atoms with Crippen LogP contribution < -0.4 is 10.6 Å². The molecular formula is C17H33IN6. The van der Waals surface area contributed by atoms with Gasteiger partial charge in [0.2, 0.25) is 0 Å². The Bertz CT molecular complexity index is 442. The zero-order valence-electron chi connectivity index (χ0n) is 15.1. The lowest BCUT2D eigenvalue weighted by atomic mass is 10.1. The molecule has 1 atom stereocenters. The van der Waals surface area contributed by atoms with E-state index in [-0.39, 0.29) is 24.0 Å². The molecule has 1 aliphatic rings. The fraction of sp³-hybridized carbons (Fsp3) is 0.765. The van der Waals surface area contributed by atoms with Crippen molar-refractivity contribution in [1.82, 2.24) is 25.3 Å². The quantitative estimate of drug-likeness (QED) is 0.277. The summed E-state index contributed by atoms with van der Waals surface area (Å²) in [6.45, 7) is 8.84. The normalized spacial score (nSPS) is 17.2. The monoisotopic (exact) mass is 448 g/mol. The van der Waals surface area contributed by atoms with Gasteiger partial charge in [0.1, 0.15) is 0 Å². The molecular weight excluding hydrogens is 415 g/mol. The molecule has 1 saturated heterocycles. The van der Waals surface area contributed by atoms with Crippen molar-refractivity contribution in [2.75, 3.05) is 39.8 Å². The van der Waals surface area contributed by atoms with Gasteiger partial charge < -0.3 is 15.5 Å². The van der Waals surface area contributed by atoms with E-state index in [1.807, 2.05) is 30.2 Å². The van der Waals surface area contributed by atoms with E-state index in [4.69, 9.17) is 0 Å². The first-order valence-corrected chi connectivity index (χ1v) is 8.92. The molecule has 2 rings (SSSR count). The highest BCUT2D eigenvalue weighted by atomic mass is 127. The van der Waals surface area contributed by atoms with Crippen LogP contribution in [0.15, 0.2) is 23.5 Å². The molecule has 0 spiro atoms. The summed E-state index contributed by atoms with van der Waals surface area (Å²) < 4.78 is 1.96. The summed E-state index contributed by atoms with van der Waals surface area (Å²) in [7, 11) is 1.83. The van der Waals surface area contributed by atoms with Gasteiger partial charge in [0.25, 0.3) is 0 Å². The summed E-state index contributed by atoms with van der Waals surface area (Å²) >= 11 is 0. The summed E-state index contributed by atoms with van der Waals surface area (Å²) in [5.41, 5.74) is 0. The van der Waals surface area contributed by atoms with Gasteiger partial charge in [-0.15, -0.1) is 24.0 Å². The molecule has 2 N–H and O–H groups in total. The first-order valence-electron chi connectivity index (χ1n) is 8.92. The Hall–Kier alpha value is -0.830. The van der Waals surface area contributed by atoms with Gasteiger partial charge in [-0.1, -0.05) is 13.3 Å². The Balaban J connectivity index is 0.00000288. The van der Waals surface area contributed by atoms with Crippen LogP contribution in [0.1, 0.15) is 32.6 Å². The maximum absolute atomic E-state index is 4.30. The van der Waals surface area contributed by atoms with Crippen molar-refractivity contribution < 1.29 is 0 Å². The fourth-order valence-electron chi connectivity index (χ4n) is 3.02. The minimum Gasteiger partial charge on any atom is -0.356 e. The van der Waals surface area contributed by atoms with E-state index >= 15 is 0 Å². The van der Waals surface area contributed by atoms with Gasteiger partial charge in [-0.05, 0) is 44.3 Å².